The van der Waals surface area contributed by atoms with E-state index in [1.54, 1.807) is 36.4 Å². The van der Waals surface area contributed by atoms with Crippen molar-refractivity contribution in [3.63, 3.8) is 0 Å². The first kappa shape index (κ1) is 16.1. The Balaban J connectivity index is 2.13. The van der Waals surface area contributed by atoms with Crippen LogP contribution in [-0.4, -0.2) is 24.7 Å². The fourth-order valence-electron chi connectivity index (χ4n) is 2.18. The predicted molar refractivity (Wildman–Crippen MR) is 84.8 cm³/mol. The first-order valence-corrected chi connectivity index (χ1v) is 7.09. The number of ketones is 2. The summed E-state index contributed by atoms with van der Waals surface area (Å²) in [5, 5.41) is 0. The average Bonchev–Trinajstić information content (AvgIpc) is 2.55. The van der Waals surface area contributed by atoms with E-state index in [0.717, 1.165) is 5.56 Å². The molecule has 4 nitrogen and oxygen atoms in total. The summed E-state index contributed by atoms with van der Waals surface area (Å²) in [6.07, 6.45) is 0.0463. The third-order valence-corrected chi connectivity index (χ3v) is 3.40. The molecule has 0 amide bonds. The van der Waals surface area contributed by atoms with Crippen LogP contribution >= 0.6 is 0 Å². The molecule has 2 aromatic rings. The number of hydroxylamine groups is 1. The van der Waals surface area contributed by atoms with Crippen LogP contribution in [0, 0.1) is 6.92 Å². The van der Waals surface area contributed by atoms with Crippen LogP contribution < -0.4 is 5.48 Å². The molecule has 0 bridgehead atoms. The van der Waals surface area contributed by atoms with Crippen LogP contribution in [0.4, 0.5) is 0 Å². The summed E-state index contributed by atoms with van der Waals surface area (Å²) in [7, 11) is 1.43. The maximum absolute atomic E-state index is 12.5. The largest absolute Gasteiger partial charge is 0.304 e. The van der Waals surface area contributed by atoms with Gasteiger partial charge in [-0.3, -0.25) is 9.59 Å². The standard InChI is InChI=1S/C18H19NO3/c1-13-8-10-14(11-9-13)17(20)12-16(19-22-2)18(21)15-6-4-3-5-7-15/h3-11,16,19H,12H2,1-2H3. The number of hydrogen-bond donors (Lipinski definition) is 1. The van der Waals surface area contributed by atoms with Gasteiger partial charge in [0, 0.05) is 17.5 Å². The lowest BCUT2D eigenvalue weighted by molar-refractivity contribution is 0.0473. The molecule has 0 aromatic heterocycles. The Hall–Kier alpha value is -2.30. The SMILES string of the molecule is CONC(CC(=O)c1ccc(C)cc1)C(=O)c1ccccc1. The highest BCUT2D eigenvalue weighted by Gasteiger charge is 2.23. The number of hydrogen-bond acceptors (Lipinski definition) is 4. The Labute approximate surface area is 130 Å². The molecule has 0 heterocycles. The summed E-state index contributed by atoms with van der Waals surface area (Å²) in [6, 6.07) is 15.5. The zero-order valence-corrected chi connectivity index (χ0v) is 12.7. The Bertz CT molecular complexity index is 635. The lowest BCUT2D eigenvalue weighted by atomic mass is 9.97. The number of carbonyl (C=O) groups excluding carboxylic acids is 2. The number of benzene rings is 2. The molecule has 0 aliphatic heterocycles. The maximum Gasteiger partial charge on any atom is 0.182 e. The zero-order valence-electron chi connectivity index (χ0n) is 12.7. The van der Waals surface area contributed by atoms with Crippen LogP contribution in [0.1, 0.15) is 32.7 Å². The van der Waals surface area contributed by atoms with Crippen molar-refractivity contribution in [2.24, 2.45) is 0 Å². The van der Waals surface area contributed by atoms with Gasteiger partial charge in [0.2, 0.25) is 0 Å². The number of aryl methyl sites for hydroxylation is 1. The van der Waals surface area contributed by atoms with Crippen LogP contribution in [0.3, 0.4) is 0 Å². The van der Waals surface area contributed by atoms with Gasteiger partial charge in [0.25, 0.3) is 0 Å². The third kappa shape index (κ3) is 4.10. The van der Waals surface area contributed by atoms with Gasteiger partial charge in [-0.05, 0) is 6.92 Å². The highest BCUT2D eigenvalue weighted by Crippen LogP contribution is 2.12. The summed E-state index contributed by atoms with van der Waals surface area (Å²) in [5.74, 6) is -0.262. The fourth-order valence-corrected chi connectivity index (χ4v) is 2.18. The molecule has 0 saturated carbocycles. The normalized spacial score (nSPS) is 11.9. The lowest BCUT2D eigenvalue weighted by Crippen LogP contribution is -2.38. The van der Waals surface area contributed by atoms with Crippen molar-refractivity contribution in [1.82, 2.24) is 5.48 Å². The predicted octanol–water partition coefficient (Wildman–Crippen LogP) is 2.97. The summed E-state index contributed by atoms with van der Waals surface area (Å²) < 4.78 is 0. The van der Waals surface area contributed by atoms with E-state index in [9.17, 15) is 9.59 Å². The van der Waals surface area contributed by atoms with Crippen molar-refractivity contribution in [3.8, 4) is 0 Å². The van der Waals surface area contributed by atoms with Gasteiger partial charge < -0.3 is 4.84 Å². The van der Waals surface area contributed by atoms with Crippen molar-refractivity contribution < 1.29 is 14.4 Å². The molecule has 0 aliphatic rings. The van der Waals surface area contributed by atoms with Crippen LogP contribution in [0.5, 0.6) is 0 Å². The minimum Gasteiger partial charge on any atom is -0.304 e. The molecule has 4 heteroatoms. The number of Topliss-reactive ketones (excluding diaryl/α,β-unsaturated/α-hetero) is 2. The van der Waals surface area contributed by atoms with E-state index < -0.39 is 6.04 Å². The summed E-state index contributed by atoms with van der Waals surface area (Å²) in [6.45, 7) is 1.96. The molecule has 1 unspecified atom stereocenters. The second kappa shape index (κ2) is 7.64. The van der Waals surface area contributed by atoms with E-state index in [1.165, 1.54) is 7.11 Å². The minimum absolute atomic E-state index is 0.0463. The van der Waals surface area contributed by atoms with E-state index >= 15 is 0 Å². The highest BCUT2D eigenvalue weighted by molar-refractivity contribution is 6.05. The topological polar surface area (TPSA) is 55.4 Å². The van der Waals surface area contributed by atoms with Crippen LogP contribution in [0.25, 0.3) is 0 Å². The van der Waals surface area contributed by atoms with Crippen molar-refractivity contribution >= 4 is 11.6 Å². The molecule has 0 fully saturated rings. The van der Waals surface area contributed by atoms with E-state index in [-0.39, 0.29) is 18.0 Å². The fraction of sp³-hybridized carbons (Fsp3) is 0.222. The van der Waals surface area contributed by atoms with Gasteiger partial charge >= 0.3 is 0 Å². The van der Waals surface area contributed by atoms with E-state index in [1.807, 2.05) is 25.1 Å². The first-order valence-electron chi connectivity index (χ1n) is 7.09. The quantitative estimate of drug-likeness (QED) is 0.630. The third-order valence-electron chi connectivity index (χ3n) is 3.40. The van der Waals surface area contributed by atoms with Gasteiger partial charge in [0.15, 0.2) is 11.6 Å². The highest BCUT2D eigenvalue weighted by atomic mass is 16.6. The van der Waals surface area contributed by atoms with Gasteiger partial charge in [0.05, 0.1) is 7.11 Å². The molecule has 114 valence electrons. The molecular formula is C18H19NO3. The van der Waals surface area contributed by atoms with Gasteiger partial charge in [-0.15, -0.1) is 0 Å². The van der Waals surface area contributed by atoms with Crippen molar-refractivity contribution in [1.29, 1.82) is 0 Å². The molecule has 0 aliphatic carbocycles. The number of nitrogens with one attached hydrogen (secondary N) is 1. The molecule has 2 aromatic carbocycles. The zero-order chi connectivity index (χ0) is 15.9. The van der Waals surface area contributed by atoms with Gasteiger partial charge in [-0.2, -0.15) is 5.48 Å². The molecule has 2 rings (SSSR count). The van der Waals surface area contributed by atoms with Crippen molar-refractivity contribution in [3.05, 3.63) is 71.3 Å². The molecule has 0 spiro atoms. The molecular weight excluding hydrogens is 278 g/mol. The van der Waals surface area contributed by atoms with Gasteiger partial charge in [0.1, 0.15) is 6.04 Å². The Morgan fingerprint density at radius 3 is 2.23 bits per heavy atom. The van der Waals surface area contributed by atoms with Crippen molar-refractivity contribution in [2.45, 2.75) is 19.4 Å². The Kier molecular flexibility index (Phi) is 5.58. The van der Waals surface area contributed by atoms with Crippen molar-refractivity contribution in [2.75, 3.05) is 7.11 Å². The summed E-state index contributed by atoms with van der Waals surface area (Å²) in [5.41, 5.74) is 4.85. The summed E-state index contributed by atoms with van der Waals surface area (Å²) in [4.78, 5) is 29.7. The number of carbonyl (C=O) groups is 2. The molecule has 1 N–H and O–H groups in total. The molecule has 22 heavy (non-hydrogen) atoms. The van der Waals surface area contributed by atoms with E-state index in [4.69, 9.17) is 4.84 Å². The van der Waals surface area contributed by atoms with Gasteiger partial charge in [-0.1, -0.05) is 60.2 Å². The van der Waals surface area contributed by atoms with Gasteiger partial charge in [-0.25, -0.2) is 0 Å². The smallest absolute Gasteiger partial charge is 0.182 e. The average molecular weight is 297 g/mol. The summed E-state index contributed by atoms with van der Waals surface area (Å²) >= 11 is 0. The second-order valence-electron chi connectivity index (χ2n) is 5.10. The van der Waals surface area contributed by atoms with E-state index in [2.05, 4.69) is 5.48 Å². The molecule has 0 radical (unpaired) electrons. The second-order valence-corrected chi connectivity index (χ2v) is 5.10. The lowest BCUT2D eigenvalue weighted by Gasteiger charge is -2.15. The number of rotatable bonds is 7. The first-order chi connectivity index (χ1) is 10.6. The Morgan fingerprint density at radius 1 is 1.00 bits per heavy atom. The van der Waals surface area contributed by atoms with Crippen LogP contribution in [0.2, 0.25) is 0 Å². The molecule has 1 atom stereocenters. The molecule has 0 saturated heterocycles. The monoisotopic (exact) mass is 297 g/mol. The van der Waals surface area contributed by atoms with Crippen LogP contribution in [-0.2, 0) is 4.84 Å². The van der Waals surface area contributed by atoms with Crippen LogP contribution in [0.15, 0.2) is 54.6 Å². The minimum atomic E-state index is -0.707. The maximum atomic E-state index is 12.5. The van der Waals surface area contributed by atoms with E-state index in [0.29, 0.717) is 11.1 Å². The Morgan fingerprint density at radius 2 is 1.64 bits per heavy atom.